The van der Waals surface area contributed by atoms with Gasteiger partial charge in [-0.05, 0) is 11.5 Å². The number of rotatable bonds is 5. The lowest BCUT2D eigenvalue weighted by Crippen LogP contribution is -2.26. The van der Waals surface area contributed by atoms with Gasteiger partial charge in [-0.25, -0.2) is 4.79 Å². The van der Waals surface area contributed by atoms with Crippen LogP contribution < -0.4 is 4.74 Å². The molecule has 0 spiro atoms. The molecule has 0 saturated carbocycles. The van der Waals surface area contributed by atoms with Crippen LogP contribution in [0.1, 0.15) is 0 Å². The minimum Gasteiger partial charge on any atom is -0.505 e. The van der Waals surface area contributed by atoms with Crippen molar-refractivity contribution >= 4 is 24.8 Å². The highest BCUT2D eigenvalue weighted by atomic mass is 28.3. The SMILES string of the molecule is C[Si](C)(C)CO/C=C/C(=O)Oc1cccc2ccccc12. The van der Waals surface area contributed by atoms with E-state index in [1.807, 2.05) is 36.4 Å². The summed E-state index contributed by atoms with van der Waals surface area (Å²) >= 11 is 0. The van der Waals surface area contributed by atoms with E-state index in [2.05, 4.69) is 19.6 Å². The molecule has 0 saturated heterocycles. The number of benzene rings is 2. The maximum Gasteiger partial charge on any atom is 0.339 e. The first-order chi connectivity index (χ1) is 9.96. The van der Waals surface area contributed by atoms with Crippen LogP contribution in [0.3, 0.4) is 0 Å². The predicted octanol–water partition coefficient (Wildman–Crippen LogP) is 4.15. The number of hydrogen-bond donors (Lipinski definition) is 0. The number of ether oxygens (including phenoxy) is 2. The fraction of sp³-hybridized carbons (Fsp3) is 0.235. The molecule has 0 aromatic heterocycles. The van der Waals surface area contributed by atoms with Crippen LogP contribution >= 0.6 is 0 Å². The zero-order chi connectivity index (χ0) is 15.3. The van der Waals surface area contributed by atoms with E-state index in [0.29, 0.717) is 12.0 Å². The average molecular weight is 300 g/mol. The van der Waals surface area contributed by atoms with Gasteiger partial charge in [-0.3, -0.25) is 0 Å². The van der Waals surface area contributed by atoms with E-state index in [1.165, 1.54) is 12.3 Å². The van der Waals surface area contributed by atoms with Gasteiger partial charge in [0.05, 0.1) is 26.6 Å². The molecule has 0 fully saturated rings. The Morgan fingerprint density at radius 2 is 1.81 bits per heavy atom. The van der Waals surface area contributed by atoms with Crippen LogP contribution in [0.25, 0.3) is 10.8 Å². The lowest BCUT2D eigenvalue weighted by molar-refractivity contribution is -0.129. The average Bonchev–Trinajstić information content (AvgIpc) is 2.43. The second-order valence-corrected chi connectivity index (χ2v) is 11.5. The summed E-state index contributed by atoms with van der Waals surface area (Å²) in [6.07, 6.45) is 3.43. The summed E-state index contributed by atoms with van der Waals surface area (Å²) < 4.78 is 10.7. The first-order valence-corrected chi connectivity index (χ1v) is 10.6. The van der Waals surface area contributed by atoms with Crippen LogP contribution in [0.15, 0.2) is 54.8 Å². The van der Waals surface area contributed by atoms with Crippen molar-refractivity contribution in [2.75, 3.05) is 6.23 Å². The van der Waals surface area contributed by atoms with E-state index in [1.54, 1.807) is 6.07 Å². The molecule has 2 aromatic rings. The standard InChI is InChI=1S/C17H20O3Si/c1-21(2,3)13-19-12-11-17(18)20-16-10-6-8-14-7-4-5-9-15(14)16/h4-12H,13H2,1-3H3/b12-11+. The Hall–Kier alpha value is -2.07. The third kappa shape index (κ3) is 4.75. The second-order valence-electron chi connectivity index (χ2n) is 6.07. The summed E-state index contributed by atoms with van der Waals surface area (Å²) in [6, 6.07) is 13.4. The fourth-order valence-electron chi connectivity index (χ4n) is 1.83. The summed E-state index contributed by atoms with van der Waals surface area (Å²) in [7, 11) is -1.27. The Morgan fingerprint density at radius 3 is 2.57 bits per heavy atom. The highest BCUT2D eigenvalue weighted by Gasteiger charge is 2.12. The van der Waals surface area contributed by atoms with Crippen molar-refractivity contribution in [3.63, 3.8) is 0 Å². The van der Waals surface area contributed by atoms with Crippen molar-refractivity contribution in [1.29, 1.82) is 0 Å². The molecular weight excluding hydrogens is 280 g/mol. The molecule has 0 radical (unpaired) electrons. The molecule has 0 atom stereocenters. The summed E-state index contributed by atoms with van der Waals surface area (Å²) in [6.45, 7) is 6.61. The molecule has 0 amide bonds. The molecule has 0 unspecified atom stereocenters. The van der Waals surface area contributed by atoms with E-state index in [9.17, 15) is 4.79 Å². The van der Waals surface area contributed by atoms with Gasteiger partial charge in [0.25, 0.3) is 0 Å². The molecule has 21 heavy (non-hydrogen) atoms. The molecule has 3 nitrogen and oxygen atoms in total. The summed E-state index contributed by atoms with van der Waals surface area (Å²) in [4.78, 5) is 11.8. The van der Waals surface area contributed by atoms with Gasteiger partial charge in [0.2, 0.25) is 0 Å². The molecule has 2 aromatic carbocycles. The molecule has 0 aliphatic rings. The van der Waals surface area contributed by atoms with Gasteiger partial charge >= 0.3 is 5.97 Å². The molecule has 0 N–H and O–H groups in total. The number of carbonyl (C=O) groups excluding carboxylic acids is 1. The van der Waals surface area contributed by atoms with Crippen LogP contribution in [0.5, 0.6) is 5.75 Å². The number of carbonyl (C=O) groups is 1. The maximum absolute atomic E-state index is 11.8. The van der Waals surface area contributed by atoms with E-state index in [4.69, 9.17) is 9.47 Å². The lowest BCUT2D eigenvalue weighted by Gasteiger charge is -2.13. The number of fused-ring (bicyclic) bond motifs is 1. The van der Waals surface area contributed by atoms with E-state index in [0.717, 1.165) is 10.8 Å². The zero-order valence-electron chi connectivity index (χ0n) is 12.6. The van der Waals surface area contributed by atoms with Crippen molar-refractivity contribution in [3.05, 3.63) is 54.8 Å². The molecule has 0 aliphatic carbocycles. The van der Waals surface area contributed by atoms with Crippen LogP contribution in [0.4, 0.5) is 0 Å². The van der Waals surface area contributed by atoms with Crippen LogP contribution in [0, 0.1) is 0 Å². The van der Waals surface area contributed by atoms with Gasteiger partial charge in [0.15, 0.2) is 0 Å². The van der Waals surface area contributed by atoms with Gasteiger partial charge in [0.1, 0.15) is 5.75 Å². The van der Waals surface area contributed by atoms with Gasteiger partial charge in [0, 0.05) is 5.39 Å². The summed E-state index contributed by atoms with van der Waals surface area (Å²) in [5.41, 5.74) is 0. The van der Waals surface area contributed by atoms with Crippen molar-refractivity contribution in [2.24, 2.45) is 0 Å². The molecule has 2 rings (SSSR count). The highest BCUT2D eigenvalue weighted by Crippen LogP contribution is 2.25. The van der Waals surface area contributed by atoms with Crippen LogP contribution in [0.2, 0.25) is 19.6 Å². The quantitative estimate of drug-likeness (QED) is 0.273. The van der Waals surface area contributed by atoms with Gasteiger partial charge in [-0.15, -0.1) is 0 Å². The molecule has 4 heteroatoms. The smallest absolute Gasteiger partial charge is 0.339 e. The van der Waals surface area contributed by atoms with Crippen molar-refractivity contribution in [3.8, 4) is 5.75 Å². The topological polar surface area (TPSA) is 35.5 Å². The monoisotopic (exact) mass is 300 g/mol. The van der Waals surface area contributed by atoms with Crippen LogP contribution in [-0.4, -0.2) is 20.3 Å². The summed E-state index contributed by atoms with van der Waals surface area (Å²) in [5.74, 6) is 0.134. The Kier molecular flexibility index (Phi) is 4.80. The van der Waals surface area contributed by atoms with E-state index in [-0.39, 0.29) is 0 Å². The van der Waals surface area contributed by atoms with Gasteiger partial charge in [-0.2, -0.15) is 0 Å². The van der Waals surface area contributed by atoms with E-state index >= 15 is 0 Å². The number of esters is 1. The molecule has 0 aliphatic heterocycles. The van der Waals surface area contributed by atoms with Crippen molar-refractivity contribution in [1.82, 2.24) is 0 Å². The van der Waals surface area contributed by atoms with Crippen molar-refractivity contribution in [2.45, 2.75) is 19.6 Å². The highest BCUT2D eigenvalue weighted by molar-refractivity contribution is 6.76. The van der Waals surface area contributed by atoms with Gasteiger partial charge in [-0.1, -0.05) is 56.0 Å². The van der Waals surface area contributed by atoms with Crippen LogP contribution in [-0.2, 0) is 9.53 Å². The van der Waals surface area contributed by atoms with Gasteiger partial charge < -0.3 is 9.47 Å². The minimum absolute atomic E-state index is 0.429. The minimum atomic E-state index is -1.27. The zero-order valence-corrected chi connectivity index (χ0v) is 13.6. The fourth-order valence-corrected chi connectivity index (χ4v) is 2.43. The molecular formula is C17H20O3Si. The normalized spacial score (nSPS) is 11.8. The van der Waals surface area contributed by atoms with E-state index < -0.39 is 14.0 Å². The Bertz CT molecular complexity index is 651. The van der Waals surface area contributed by atoms with Crippen molar-refractivity contribution < 1.29 is 14.3 Å². The number of hydrogen-bond acceptors (Lipinski definition) is 3. The second kappa shape index (κ2) is 6.59. The Morgan fingerprint density at radius 1 is 1.10 bits per heavy atom. The maximum atomic E-state index is 11.8. The summed E-state index contributed by atoms with van der Waals surface area (Å²) in [5, 5.41) is 1.96. The first-order valence-electron chi connectivity index (χ1n) is 6.93. The first kappa shape index (κ1) is 15.3. The Balaban J connectivity index is 2.00. The molecule has 0 bridgehead atoms. The molecule has 0 heterocycles. The largest absolute Gasteiger partial charge is 0.505 e. The lowest BCUT2D eigenvalue weighted by atomic mass is 10.1. The third-order valence-corrected chi connectivity index (χ3v) is 3.81. The third-order valence-electron chi connectivity index (χ3n) is 2.78. The predicted molar refractivity (Wildman–Crippen MR) is 88.0 cm³/mol. The Labute approximate surface area is 126 Å². The molecule has 110 valence electrons.